The fraction of sp³-hybridized carbons (Fsp3) is 0.533. The van der Waals surface area contributed by atoms with Gasteiger partial charge in [0.2, 0.25) is 0 Å². The zero-order valence-corrected chi connectivity index (χ0v) is 13.7. The number of amides is 2. The third-order valence-corrected chi connectivity index (χ3v) is 4.38. The summed E-state index contributed by atoms with van der Waals surface area (Å²) in [5, 5.41) is 6.71. The van der Waals surface area contributed by atoms with Crippen molar-refractivity contribution in [1.29, 1.82) is 0 Å². The highest BCUT2D eigenvalue weighted by Gasteiger charge is 2.20. The number of carbonyl (C=O) groups excluding carboxylic acids is 1. The summed E-state index contributed by atoms with van der Waals surface area (Å²) in [6.45, 7) is 5.42. The van der Waals surface area contributed by atoms with E-state index < -0.39 is 0 Å². The maximum absolute atomic E-state index is 12.0. The molecule has 0 aliphatic carbocycles. The number of urea groups is 1. The number of rotatable bonds is 4. The monoisotopic (exact) mass is 329 g/mol. The van der Waals surface area contributed by atoms with Gasteiger partial charge < -0.3 is 15.5 Å². The molecule has 1 heterocycles. The molecule has 0 unspecified atom stereocenters. The standard InChI is InChI=1S/C15H21Cl2N3O/c1-2-7-20-8-5-11(6-9-20)18-15(21)19-12-3-4-13(16)14(17)10-12/h3-4,10-11H,2,5-9H2,1H3,(H2,18,19,21). The van der Waals surface area contributed by atoms with Crippen molar-refractivity contribution in [2.75, 3.05) is 25.0 Å². The SMILES string of the molecule is CCCN1CCC(NC(=O)Nc2ccc(Cl)c(Cl)c2)CC1. The Morgan fingerprint density at radius 2 is 2.00 bits per heavy atom. The fourth-order valence-corrected chi connectivity index (χ4v) is 2.84. The van der Waals surface area contributed by atoms with Crippen molar-refractivity contribution < 1.29 is 4.79 Å². The Morgan fingerprint density at radius 1 is 1.29 bits per heavy atom. The minimum atomic E-state index is -0.192. The Kier molecular flexibility index (Phi) is 6.15. The largest absolute Gasteiger partial charge is 0.335 e. The summed E-state index contributed by atoms with van der Waals surface area (Å²) in [5.74, 6) is 0. The summed E-state index contributed by atoms with van der Waals surface area (Å²) in [7, 11) is 0. The Labute approximate surface area is 135 Å². The molecule has 1 aliphatic rings. The number of halogens is 2. The maximum atomic E-state index is 12.0. The van der Waals surface area contributed by atoms with Crippen LogP contribution in [0.2, 0.25) is 10.0 Å². The molecule has 0 saturated carbocycles. The Hall–Kier alpha value is -0.970. The van der Waals surface area contributed by atoms with Crippen LogP contribution in [0.1, 0.15) is 26.2 Å². The van der Waals surface area contributed by atoms with Gasteiger partial charge in [0.1, 0.15) is 0 Å². The highest BCUT2D eigenvalue weighted by Crippen LogP contribution is 2.25. The zero-order chi connectivity index (χ0) is 15.2. The number of piperidine rings is 1. The van der Waals surface area contributed by atoms with Gasteiger partial charge in [-0.25, -0.2) is 4.79 Å². The molecule has 0 bridgehead atoms. The van der Waals surface area contributed by atoms with Crippen molar-refractivity contribution in [3.8, 4) is 0 Å². The van der Waals surface area contributed by atoms with Crippen molar-refractivity contribution in [3.05, 3.63) is 28.2 Å². The van der Waals surface area contributed by atoms with E-state index in [-0.39, 0.29) is 12.1 Å². The molecule has 1 aliphatic heterocycles. The lowest BCUT2D eigenvalue weighted by Crippen LogP contribution is -2.46. The Morgan fingerprint density at radius 3 is 2.62 bits per heavy atom. The van der Waals surface area contributed by atoms with Crippen LogP contribution < -0.4 is 10.6 Å². The van der Waals surface area contributed by atoms with Gasteiger partial charge in [-0.3, -0.25) is 0 Å². The minimum absolute atomic E-state index is 0.192. The summed E-state index contributed by atoms with van der Waals surface area (Å²) in [6, 6.07) is 5.09. The van der Waals surface area contributed by atoms with E-state index in [0.717, 1.165) is 32.5 Å². The molecule has 1 saturated heterocycles. The zero-order valence-electron chi connectivity index (χ0n) is 12.2. The van der Waals surface area contributed by atoms with Crippen LogP contribution >= 0.6 is 23.2 Å². The predicted molar refractivity (Wildman–Crippen MR) is 88.4 cm³/mol. The normalized spacial score (nSPS) is 16.7. The van der Waals surface area contributed by atoms with Crippen LogP contribution in [-0.4, -0.2) is 36.6 Å². The van der Waals surface area contributed by atoms with E-state index >= 15 is 0 Å². The van der Waals surface area contributed by atoms with Gasteiger partial charge in [0, 0.05) is 24.8 Å². The van der Waals surface area contributed by atoms with Gasteiger partial charge in [-0.15, -0.1) is 0 Å². The van der Waals surface area contributed by atoms with Crippen LogP contribution in [0.3, 0.4) is 0 Å². The number of benzene rings is 1. The van der Waals surface area contributed by atoms with E-state index in [1.165, 1.54) is 6.42 Å². The molecule has 2 N–H and O–H groups in total. The fourth-order valence-electron chi connectivity index (χ4n) is 2.54. The van der Waals surface area contributed by atoms with Gasteiger partial charge in [0.05, 0.1) is 10.0 Å². The number of hydrogen-bond acceptors (Lipinski definition) is 2. The van der Waals surface area contributed by atoms with Crippen molar-refractivity contribution in [1.82, 2.24) is 10.2 Å². The average Bonchev–Trinajstić information content (AvgIpc) is 2.45. The second-order valence-corrected chi connectivity index (χ2v) is 6.16. The lowest BCUT2D eigenvalue weighted by molar-refractivity contribution is 0.196. The summed E-state index contributed by atoms with van der Waals surface area (Å²) in [5.41, 5.74) is 0.644. The van der Waals surface area contributed by atoms with E-state index in [1.54, 1.807) is 18.2 Å². The molecule has 2 amide bonds. The van der Waals surface area contributed by atoms with Gasteiger partial charge in [-0.05, 0) is 44.0 Å². The summed E-state index contributed by atoms with van der Waals surface area (Å²) in [4.78, 5) is 14.4. The van der Waals surface area contributed by atoms with E-state index in [0.29, 0.717) is 15.7 Å². The maximum Gasteiger partial charge on any atom is 0.319 e. The van der Waals surface area contributed by atoms with Crippen molar-refractivity contribution in [2.45, 2.75) is 32.2 Å². The predicted octanol–water partition coefficient (Wildman–Crippen LogP) is 3.99. The molecule has 1 aromatic carbocycles. The van der Waals surface area contributed by atoms with E-state index in [9.17, 15) is 4.79 Å². The van der Waals surface area contributed by atoms with Crippen LogP contribution in [0, 0.1) is 0 Å². The molecule has 116 valence electrons. The molecule has 0 radical (unpaired) electrons. The van der Waals surface area contributed by atoms with E-state index in [1.807, 2.05) is 0 Å². The lowest BCUT2D eigenvalue weighted by atomic mass is 10.1. The minimum Gasteiger partial charge on any atom is -0.335 e. The third kappa shape index (κ3) is 5.06. The highest BCUT2D eigenvalue weighted by atomic mass is 35.5. The van der Waals surface area contributed by atoms with Crippen LogP contribution in [-0.2, 0) is 0 Å². The third-order valence-electron chi connectivity index (χ3n) is 3.64. The number of nitrogens with zero attached hydrogens (tertiary/aromatic N) is 1. The number of hydrogen-bond donors (Lipinski definition) is 2. The molecule has 0 spiro atoms. The summed E-state index contributed by atoms with van der Waals surface area (Å²) >= 11 is 11.8. The van der Waals surface area contributed by atoms with Gasteiger partial charge in [0.15, 0.2) is 0 Å². The number of likely N-dealkylation sites (tertiary alicyclic amines) is 1. The molecule has 21 heavy (non-hydrogen) atoms. The van der Waals surface area contributed by atoms with Crippen LogP contribution in [0.5, 0.6) is 0 Å². The molecule has 4 nitrogen and oxygen atoms in total. The van der Waals surface area contributed by atoms with Crippen molar-refractivity contribution in [3.63, 3.8) is 0 Å². The van der Waals surface area contributed by atoms with Gasteiger partial charge in [0.25, 0.3) is 0 Å². The molecule has 0 aromatic heterocycles. The number of nitrogens with one attached hydrogen (secondary N) is 2. The van der Waals surface area contributed by atoms with Crippen LogP contribution in [0.15, 0.2) is 18.2 Å². The van der Waals surface area contributed by atoms with Gasteiger partial charge in [-0.1, -0.05) is 30.1 Å². The molecule has 1 aromatic rings. The van der Waals surface area contributed by atoms with E-state index in [2.05, 4.69) is 22.5 Å². The molecule has 2 rings (SSSR count). The number of anilines is 1. The molecule has 6 heteroatoms. The first-order chi connectivity index (χ1) is 10.1. The van der Waals surface area contributed by atoms with Crippen molar-refractivity contribution in [2.24, 2.45) is 0 Å². The van der Waals surface area contributed by atoms with Crippen LogP contribution in [0.4, 0.5) is 10.5 Å². The summed E-state index contributed by atoms with van der Waals surface area (Å²) < 4.78 is 0. The van der Waals surface area contributed by atoms with E-state index in [4.69, 9.17) is 23.2 Å². The first-order valence-corrected chi connectivity index (χ1v) is 8.09. The quantitative estimate of drug-likeness (QED) is 0.877. The van der Waals surface area contributed by atoms with Crippen molar-refractivity contribution >= 4 is 34.9 Å². The molecular formula is C15H21Cl2N3O. The molecular weight excluding hydrogens is 309 g/mol. The lowest BCUT2D eigenvalue weighted by Gasteiger charge is -2.32. The van der Waals surface area contributed by atoms with Gasteiger partial charge >= 0.3 is 6.03 Å². The van der Waals surface area contributed by atoms with Crippen LogP contribution in [0.25, 0.3) is 0 Å². The smallest absolute Gasteiger partial charge is 0.319 e. The highest BCUT2D eigenvalue weighted by molar-refractivity contribution is 6.42. The second kappa shape index (κ2) is 7.87. The first-order valence-electron chi connectivity index (χ1n) is 7.33. The van der Waals surface area contributed by atoms with Gasteiger partial charge in [-0.2, -0.15) is 0 Å². The Bertz CT molecular complexity index is 488. The molecule has 0 atom stereocenters. The first kappa shape index (κ1) is 16.4. The average molecular weight is 330 g/mol. The topological polar surface area (TPSA) is 44.4 Å². The number of carbonyl (C=O) groups is 1. The second-order valence-electron chi connectivity index (χ2n) is 5.34. The molecule has 1 fully saturated rings. The Balaban J connectivity index is 1.78. The summed E-state index contributed by atoms with van der Waals surface area (Å²) in [6.07, 6.45) is 3.17.